The van der Waals surface area contributed by atoms with Crippen molar-refractivity contribution in [3.8, 4) is 5.88 Å². The molecule has 2 aliphatic carbocycles. The van der Waals surface area contributed by atoms with Crippen molar-refractivity contribution in [3.05, 3.63) is 23.9 Å². The van der Waals surface area contributed by atoms with Crippen molar-refractivity contribution in [2.24, 2.45) is 0 Å². The molecule has 2 heterocycles. The molecule has 26 heavy (non-hydrogen) atoms. The fraction of sp³-hybridized carbons (Fsp3) is 0.714. The minimum atomic E-state index is 0.108. The zero-order chi connectivity index (χ0) is 17.8. The van der Waals surface area contributed by atoms with Crippen LogP contribution in [-0.4, -0.2) is 59.0 Å². The average Bonchev–Trinajstić information content (AvgIpc) is 2.87. The van der Waals surface area contributed by atoms with Crippen molar-refractivity contribution < 1.29 is 9.53 Å². The van der Waals surface area contributed by atoms with E-state index in [0.717, 1.165) is 51.5 Å². The minimum Gasteiger partial charge on any atom is -0.474 e. The van der Waals surface area contributed by atoms with Gasteiger partial charge in [0.05, 0.1) is 5.56 Å². The van der Waals surface area contributed by atoms with Crippen molar-refractivity contribution in [1.82, 2.24) is 14.8 Å². The largest absolute Gasteiger partial charge is 0.474 e. The molecule has 0 unspecified atom stereocenters. The highest BCUT2D eigenvalue weighted by molar-refractivity contribution is 5.94. The van der Waals surface area contributed by atoms with Crippen LogP contribution < -0.4 is 4.74 Å². The fourth-order valence-corrected chi connectivity index (χ4v) is 4.37. The van der Waals surface area contributed by atoms with Crippen LogP contribution in [0.25, 0.3) is 0 Å². The zero-order valence-electron chi connectivity index (χ0n) is 15.7. The topological polar surface area (TPSA) is 45.7 Å². The van der Waals surface area contributed by atoms with E-state index in [1.54, 1.807) is 6.20 Å². The molecule has 5 heteroatoms. The Bertz CT molecular complexity index is 594. The Morgan fingerprint density at radius 1 is 0.923 bits per heavy atom. The van der Waals surface area contributed by atoms with Crippen molar-refractivity contribution >= 4 is 5.91 Å². The summed E-state index contributed by atoms with van der Waals surface area (Å²) < 4.78 is 5.97. The lowest BCUT2D eigenvalue weighted by molar-refractivity contribution is 0.0749. The molecule has 0 spiro atoms. The van der Waals surface area contributed by atoms with Crippen molar-refractivity contribution in [2.45, 2.75) is 69.9 Å². The molecule has 1 saturated heterocycles. The van der Waals surface area contributed by atoms with E-state index >= 15 is 0 Å². The van der Waals surface area contributed by atoms with Gasteiger partial charge >= 0.3 is 0 Å². The number of hydrogen-bond donors (Lipinski definition) is 0. The van der Waals surface area contributed by atoms with Crippen LogP contribution in [-0.2, 0) is 0 Å². The molecule has 1 aromatic rings. The van der Waals surface area contributed by atoms with Gasteiger partial charge in [0, 0.05) is 44.5 Å². The second-order valence-electron chi connectivity index (χ2n) is 8.03. The standard InChI is InChI=1S/C21H31N3O2/c25-21(24-13-5-12-23(14-15-24)18-6-4-7-18)17-10-11-20(22-16-17)26-19-8-2-1-3-9-19/h10-11,16,18-19H,1-9,12-15H2. The summed E-state index contributed by atoms with van der Waals surface area (Å²) in [6, 6.07) is 4.51. The molecule has 0 aromatic carbocycles. The second-order valence-corrected chi connectivity index (χ2v) is 8.03. The summed E-state index contributed by atoms with van der Waals surface area (Å²) in [4.78, 5) is 21.8. The zero-order valence-corrected chi connectivity index (χ0v) is 15.7. The summed E-state index contributed by atoms with van der Waals surface area (Å²) in [6.45, 7) is 3.81. The third-order valence-corrected chi connectivity index (χ3v) is 6.23. The third kappa shape index (κ3) is 4.20. The highest BCUT2D eigenvalue weighted by Crippen LogP contribution is 2.26. The summed E-state index contributed by atoms with van der Waals surface area (Å²) in [5.74, 6) is 0.762. The third-order valence-electron chi connectivity index (χ3n) is 6.23. The van der Waals surface area contributed by atoms with Crippen molar-refractivity contribution in [2.75, 3.05) is 26.2 Å². The van der Waals surface area contributed by atoms with Crippen molar-refractivity contribution in [1.29, 1.82) is 0 Å². The van der Waals surface area contributed by atoms with Gasteiger partial charge in [-0.05, 0) is 51.0 Å². The van der Waals surface area contributed by atoms with Crippen molar-refractivity contribution in [3.63, 3.8) is 0 Å². The van der Waals surface area contributed by atoms with Gasteiger partial charge in [0.15, 0.2) is 0 Å². The molecule has 1 aromatic heterocycles. The van der Waals surface area contributed by atoms with Crippen LogP contribution in [0.2, 0.25) is 0 Å². The second kappa shape index (κ2) is 8.38. The first-order valence-corrected chi connectivity index (χ1v) is 10.5. The van der Waals surface area contributed by atoms with E-state index in [2.05, 4.69) is 9.88 Å². The van der Waals surface area contributed by atoms with Gasteiger partial charge < -0.3 is 9.64 Å². The van der Waals surface area contributed by atoms with Gasteiger partial charge in [0.2, 0.25) is 5.88 Å². The Hall–Kier alpha value is -1.62. The highest BCUT2D eigenvalue weighted by Gasteiger charge is 2.28. The molecule has 142 valence electrons. The SMILES string of the molecule is O=C(c1ccc(OC2CCCCC2)nc1)N1CCCN(C2CCC2)CC1. The first-order valence-electron chi connectivity index (χ1n) is 10.5. The number of ether oxygens (including phenoxy) is 1. The van der Waals surface area contributed by atoms with Crippen LogP contribution in [0.4, 0.5) is 0 Å². The molecule has 1 aliphatic heterocycles. The van der Waals surface area contributed by atoms with Gasteiger partial charge in [-0.3, -0.25) is 9.69 Å². The first kappa shape index (κ1) is 17.8. The summed E-state index contributed by atoms with van der Waals surface area (Å²) in [5.41, 5.74) is 0.679. The Kier molecular flexibility index (Phi) is 5.73. The normalized spacial score (nSPS) is 23.3. The van der Waals surface area contributed by atoms with Gasteiger partial charge in [-0.1, -0.05) is 12.8 Å². The molecule has 5 nitrogen and oxygen atoms in total. The smallest absolute Gasteiger partial charge is 0.255 e. The van der Waals surface area contributed by atoms with E-state index < -0.39 is 0 Å². The molecule has 3 aliphatic rings. The van der Waals surface area contributed by atoms with Crippen LogP contribution in [0, 0.1) is 0 Å². The highest BCUT2D eigenvalue weighted by atomic mass is 16.5. The lowest BCUT2D eigenvalue weighted by Crippen LogP contribution is -2.42. The first-order chi connectivity index (χ1) is 12.8. The number of rotatable bonds is 4. The van der Waals surface area contributed by atoms with E-state index in [4.69, 9.17) is 4.74 Å². The van der Waals surface area contributed by atoms with E-state index in [1.807, 2.05) is 17.0 Å². The van der Waals surface area contributed by atoms with Gasteiger partial charge in [-0.15, -0.1) is 0 Å². The number of hydrogen-bond acceptors (Lipinski definition) is 4. The summed E-state index contributed by atoms with van der Waals surface area (Å²) >= 11 is 0. The number of amides is 1. The molecule has 3 fully saturated rings. The van der Waals surface area contributed by atoms with Crippen LogP contribution in [0.5, 0.6) is 5.88 Å². The predicted octanol–water partition coefficient (Wildman–Crippen LogP) is 3.49. The lowest BCUT2D eigenvalue weighted by Gasteiger charge is -2.36. The summed E-state index contributed by atoms with van der Waals surface area (Å²) in [7, 11) is 0. The molecule has 0 bridgehead atoms. The van der Waals surface area contributed by atoms with Gasteiger partial charge in [0.1, 0.15) is 6.10 Å². The number of nitrogens with zero attached hydrogens (tertiary/aromatic N) is 3. The quantitative estimate of drug-likeness (QED) is 0.827. The Morgan fingerprint density at radius 2 is 1.77 bits per heavy atom. The number of pyridine rings is 1. The number of carbonyl (C=O) groups excluding carboxylic acids is 1. The van der Waals surface area contributed by atoms with Crippen LogP contribution in [0.3, 0.4) is 0 Å². The Morgan fingerprint density at radius 3 is 2.46 bits per heavy atom. The monoisotopic (exact) mass is 357 g/mol. The number of aromatic nitrogens is 1. The molecule has 0 radical (unpaired) electrons. The molecule has 0 N–H and O–H groups in total. The van der Waals surface area contributed by atoms with E-state index in [1.165, 1.54) is 38.5 Å². The molecular weight excluding hydrogens is 326 g/mol. The lowest BCUT2D eigenvalue weighted by atomic mass is 9.91. The average molecular weight is 357 g/mol. The summed E-state index contributed by atoms with van der Waals surface area (Å²) in [5, 5.41) is 0. The molecule has 4 rings (SSSR count). The van der Waals surface area contributed by atoms with Gasteiger partial charge in [-0.2, -0.15) is 0 Å². The maximum absolute atomic E-state index is 12.8. The maximum atomic E-state index is 12.8. The number of carbonyl (C=O) groups is 1. The van der Waals surface area contributed by atoms with E-state index in [9.17, 15) is 4.79 Å². The molecule has 0 atom stereocenters. The maximum Gasteiger partial charge on any atom is 0.255 e. The Balaban J connectivity index is 1.32. The van der Waals surface area contributed by atoms with E-state index in [0.29, 0.717) is 17.5 Å². The minimum absolute atomic E-state index is 0.108. The van der Waals surface area contributed by atoms with Crippen LogP contribution >= 0.6 is 0 Å². The van der Waals surface area contributed by atoms with Gasteiger partial charge in [-0.25, -0.2) is 4.98 Å². The predicted molar refractivity (Wildman–Crippen MR) is 101 cm³/mol. The molecular formula is C21H31N3O2. The van der Waals surface area contributed by atoms with Gasteiger partial charge in [0.25, 0.3) is 5.91 Å². The van der Waals surface area contributed by atoms with Crippen LogP contribution in [0.15, 0.2) is 18.3 Å². The summed E-state index contributed by atoms with van der Waals surface area (Å²) in [6.07, 6.45) is 13.1. The Labute approximate surface area is 156 Å². The molecule has 2 saturated carbocycles. The van der Waals surface area contributed by atoms with Crippen LogP contribution in [0.1, 0.15) is 68.1 Å². The molecule has 1 amide bonds. The fourth-order valence-electron chi connectivity index (χ4n) is 4.37. The van der Waals surface area contributed by atoms with E-state index in [-0.39, 0.29) is 5.91 Å².